The number of rotatable bonds is 6. The number of ether oxygens (including phenoxy) is 2. The van der Waals surface area contributed by atoms with E-state index in [2.05, 4.69) is 10.7 Å². The Morgan fingerprint density at radius 3 is 2.81 bits per heavy atom. The van der Waals surface area contributed by atoms with E-state index in [4.69, 9.17) is 14.7 Å². The lowest BCUT2D eigenvalue weighted by molar-refractivity contribution is -0.138. The SMILES string of the molecule is CCOC(=O)/C(C#N)=C/NN1C(=O)N[C@@](C)(c2cccc(OC)c2)C1=O. The lowest BCUT2D eigenvalue weighted by Gasteiger charge is -2.22. The number of carbonyl (C=O) groups excluding carboxylic acids is 3. The van der Waals surface area contributed by atoms with Gasteiger partial charge in [0.05, 0.1) is 13.7 Å². The van der Waals surface area contributed by atoms with Crippen LogP contribution in [-0.4, -0.2) is 36.6 Å². The molecule has 0 aliphatic carbocycles. The first-order valence-electron chi connectivity index (χ1n) is 7.72. The van der Waals surface area contributed by atoms with Crippen molar-refractivity contribution in [1.82, 2.24) is 15.8 Å². The van der Waals surface area contributed by atoms with Crippen LogP contribution in [0.2, 0.25) is 0 Å². The first-order valence-corrected chi connectivity index (χ1v) is 7.72. The minimum absolute atomic E-state index is 0.0922. The molecule has 0 spiro atoms. The molecular weight excluding hydrogens is 340 g/mol. The maximum Gasteiger partial charge on any atom is 0.350 e. The second-order valence-corrected chi connectivity index (χ2v) is 5.45. The Labute approximate surface area is 150 Å². The van der Waals surface area contributed by atoms with Gasteiger partial charge in [-0.25, -0.2) is 9.59 Å². The average molecular weight is 358 g/mol. The van der Waals surface area contributed by atoms with Crippen molar-refractivity contribution in [3.05, 3.63) is 41.6 Å². The van der Waals surface area contributed by atoms with E-state index in [1.54, 1.807) is 44.2 Å². The predicted octanol–water partition coefficient (Wildman–Crippen LogP) is 0.937. The molecule has 1 aliphatic rings. The van der Waals surface area contributed by atoms with Crippen LogP contribution in [0, 0.1) is 11.3 Å². The molecule has 1 aromatic carbocycles. The summed E-state index contributed by atoms with van der Waals surface area (Å²) in [7, 11) is 1.49. The van der Waals surface area contributed by atoms with E-state index in [0.717, 1.165) is 6.20 Å². The molecule has 9 nitrogen and oxygen atoms in total. The second-order valence-electron chi connectivity index (χ2n) is 5.45. The molecule has 2 rings (SSSR count). The number of benzene rings is 1. The first-order chi connectivity index (χ1) is 12.4. The van der Waals surface area contributed by atoms with Crippen LogP contribution in [0.25, 0.3) is 0 Å². The largest absolute Gasteiger partial charge is 0.497 e. The Hall–Kier alpha value is -3.54. The number of nitriles is 1. The topological polar surface area (TPSA) is 121 Å². The molecule has 0 saturated carbocycles. The maximum absolute atomic E-state index is 12.7. The third kappa shape index (κ3) is 3.44. The lowest BCUT2D eigenvalue weighted by Crippen LogP contribution is -2.43. The van der Waals surface area contributed by atoms with Gasteiger partial charge in [-0.2, -0.15) is 10.3 Å². The zero-order chi connectivity index (χ0) is 19.3. The molecule has 1 aromatic rings. The summed E-state index contributed by atoms with van der Waals surface area (Å²) < 4.78 is 9.85. The molecule has 1 heterocycles. The van der Waals surface area contributed by atoms with Crippen LogP contribution in [0.5, 0.6) is 5.75 Å². The fourth-order valence-corrected chi connectivity index (χ4v) is 2.36. The first kappa shape index (κ1) is 18.8. The lowest BCUT2D eigenvalue weighted by atomic mass is 9.92. The van der Waals surface area contributed by atoms with Crippen LogP contribution in [0.1, 0.15) is 19.4 Å². The number of hydrogen-bond acceptors (Lipinski definition) is 7. The highest BCUT2D eigenvalue weighted by atomic mass is 16.5. The number of urea groups is 1. The molecule has 0 unspecified atom stereocenters. The van der Waals surface area contributed by atoms with Gasteiger partial charge in [-0.1, -0.05) is 12.1 Å². The molecule has 0 aromatic heterocycles. The molecule has 9 heteroatoms. The Bertz CT molecular complexity index is 814. The Kier molecular flexibility index (Phi) is 5.47. The zero-order valence-corrected chi connectivity index (χ0v) is 14.5. The molecule has 26 heavy (non-hydrogen) atoms. The van der Waals surface area contributed by atoms with E-state index in [-0.39, 0.29) is 12.2 Å². The number of hydrazine groups is 1. The molecule has 1 atom stereocenters. The van der Waals surface area contributed by atoms with E-state index in [1.807, 2.05) is 0 Å². The molecule has 2 N–H and O–H groups in total. The van der Waals surface area contributed by atoms with Crippen molar-refractivity contribution in [2.75, 3.05) is 13.7 Å². The normalized spacial score (nSPS) is 19.6. The monoisotopic (exact) mass is 358 g/mol. The average Bonchev–Trinajstić information content (AvgIpc) is 2.86. The Morgan fingerprint density at radius 2 is 2.19 bits per heavy atom. The molecule has 1 aliphatic heterocycles. The molecule has 136 valence electrons. The van der Waals surface area contributed by atoms with Crippen LogP contribution in [-0.2, 0) is 19.9 Å². The van der Waals surface area contributed by atoms with Crippen molar-refractivity contribution < 1.29 is 23.9 Å². The number of amides is 3. The van der Waals surface area contributed by atoms with E-state index >= 15 is 0 Å². The smallest absolute Gasteiger partial charge is 0.350 e. The standard InChI is InChI=1S/C17H18N4O5/c1-4-26-14(22)11(9-18)10-19-21-15(23)17(2,20-16(21)24)12-6-5-7-13(8-12)25-3/h5-8,10,19H,4H2,1-3H3,(H,20,24)/b11-10+/t17-/m0/s1. The van der Waals surface area contributed by atoms with Crippen LogP contribution in [0.3, 0.4) is 0 Å². The van der Waals surface area contributed by atoms with Crippen LogP contribution < -0.4 is 15.5 Å². The quantitative estimate of drug-likeness (QED) is 0.336. The number of imide groups is 1. The van der Waals surface area contributed by atoms with Gasteiger partial charge < -0.3 is 14.8 Å². The highest BCUT2D eigenvalue weighted by molar-refractivity contribution is 6.07. The third-order valence-corrected chi connectivity index (χ3v) is 3.79. The van der Waals surface area contributed by atoms with Gasteiger partial charge in [-0.3, -0.25) is 10.2 Å². The van der Waals surface area contributed by atoms with E-state index < -0.39 is 23.4 Å². The Morgan fingerprint density at radius 1 is 1.46 bits per heavy atom. The summed E-state index contributed by atoms with van der Waals surface area (Å²) in [6.45, 7) is 3.23. The number of methoxy groups -OCH3 is 1. The van der Waals surface area contributed by atoms with Crippen molar-refractivity contribution in [3.8, 4) is 11.8 Å². The van der Waals surface area contributed by atoms with Crippen molar-refractivity contribution in [2.45, 2.75) is 19.4 Å². The summed E-state index contributed by atoms with van der Waals surface area (Å²) in [6.07, 6.45) is 0.951. The highest BCUT2D eigenvalue weighted by Crippen LogP contribution is 2.30. The van der Waals surface area contributed by atoms with E-state index in [0.29, 0.717) is 16.3 Å². The molecule has 1 saturated heterocycles. The molecular formula is C17H18N4O5. The van der Waals surface area contributed by atoms with E-state index in [1.165, 1.54) is 7.11 Å². The van der Waals surface area contributed by atoms with Crippen molar-refractivity contribution >= 4 is 17.9 Å². The van der Waals surface area contributed by atoms with Crippen LogP contribution in [0.15, 0.2) is 36.0 Å². The second kappa shape index (κ2) is 7.57. The van der Waals surface area contributed by atoms with Gasteiger partial charge in [0.15, 0.2) is 5.57 Å². The van der Waals surface area contributed by atoms with Crippen molar-refractivity contribution in [3.63, 3.8) is 0 Å². The maximum atomic E-state index is 12.7. The minimum Gasteiger partial charge on any atom is -0.497 e. The fraction of sp³-hybridized carbons (Fsp3) is 0.294. The van der Waals surface area contributed by atoms with E-state index in [9.17, 15) is 14.4 Å². The van der Waals surface area contributed by atoms with Crippen molar-refractivity contribution in [2.24, 2.45) is 0 Å². The van der Waals surface area contributed by atoms with Gasteiger partial charge in [-0.15, -0.1) is 0 Å². The minimum atomic E-state index is -1.33. The summed E-state index contributed by atoms with van der Waals surface area (Å²) in [4.78, 5) is 36.5. The number of nitrogens with zero attached hydrogens (tertiary/aromatic N) is 2. The summed E-state index contributed by atoms with van der Waals surface area (Å²) in [5.41, 5.74) is 1.20. The van der Waals surface area contributed by atoms with Crippen LogP contribution >= 0.6 is 0 Å². The molecule has 3 amide bonds. The van der Waals surface area contributed by atoms with Crippen molar-refractivity contribution in [1.29, 1.82) is 5.26 Å². The summed E-state index contributed by atoms with van der Waals surface area (Å²) in [6, 6.07) is 7.65. The van der Waals surface area contributed by atoms with Gasteiger partial charge in [0.25, 0.3) is 5.91 Å². The molecule has 0 radical (unpaired) electrons. The summed E-state index contributed by atoms with van der Waals surface area (Å²) >= 11 is 0. The summed E-state index contributed by atoms with van der Waals surface area (Å²) in [5.74, 6) is -0.926. The van der Waals surface area contributed by atoms with Gasteiger partial charge in [0.2, 0.25) is 0 Å². The van der Waals surface area contributed by atoms with Crippen LogP contribution in [0.4, 0.5) is 4.79 Å². The Balaban J connectivity index is 2.25. The van der Waals surface area contributed by atoms with Gasteiger partial charge in [-0.05, 0) is 31.5 Å². The number of hydrogen-bond donors (Lipinski definition) is 2. The summed E-state index contributed by atoms with van der Waals surface area (Å²) in [5, 5.41) is 12.3. The third-order valence-electron chi connectivity index (χ3n) is 3.79. The van der Waals surface area contributed by atoms with Gasteiger partial charge in [0.1, 0.15) is 17.4 Å². The highest BCUT2D eigenvalue weighted by Gasteiger charge is 2.49. The number of nitrogens with one attached hydrogen (secondary N) is 2. The number of carbonyl (C=O) groups is 3. The number of esters is 1. The molecule has 0 bridgehead atoms. The van der Waals surface area contributed by atoms with Gasteiger partial charge >= 0.3 is 12.0 Å². The molecule has 1 fully saturated rings. The zero-order valence-electron chi connectivity index (χ0n) is 14.5. The fourth-order valence-electron chi connectivity index (χ4n) is 2.36. The van der Waals surface area contributed by atoms with Gasteiger partial charge in [0, 0.05) is 6.20 Å². The predicted molar refractivity (Wildman–Crippen MR) is 89.2 cm³/mol.